The summed E-state index contributed by atoms with van der Waals surface area (Å²) < 4.78 is 14.8. The van der Waals surface area contributed by atoms with E-state index in [4.69, 9.17) is 9.47 Å². The molecule has 1 aromatic heterocycles. The first kappa shape index (κ1) is 13.8. The van der Waals surface area contributed by atoms with Gasteiger partial charge in [0, 0.05) is 5.56 Å². The Bertz CT molecular complexity index is 589. The first-order valence-corrected chi connectivity index (χ1v) is 5.83. The highest BCUT2D eigenvalue weighted by molar-refractivity contribution is 5.89. The molecule has 6 heteroatoms. The topological polar surface area (TPSA) is 70.5 Å². The van der Waals surface area contributed by atoms with Gasteiger partial charge in [0.15, 0.2) is 5.82 Å². The van der Waals surface area contributed by atoms with Crippen LogP contribution in [0.1, 0.15) is 10.4 Å². The van der Waals surface area contributed by atoms with Crippen molar-refractivity contribution in [3.8, 4) is 23.1 Å². The minimum absolute atomic E-state index is 0.388. The van der Waals surface area contributed by atoms with Crippen molar-refractivity contribution in [1.82, 2.24) is 9.97 Å². The van der Waals surface area contributed by atoms with E-state index < -0.39 is 0 Å². The molecule has 0 amide bonds. The Morgan fingerprint density at radius 3 is 1.95 bits per heavy atom. The SMILES string of the molecule is COC(=O)c1ccc(-c2nc(OC)cc(OC)n2)cc1. The fourth-order valence-electron chi connectivity index (χ4n) is 1.62. The van der Waals surface area contributed by atoms with E-state index in [-0.39, 0.29) is 5.97 Å². The molecule has 0 bridgehead atoms. The fourth-order valence-corrected chi connectivity index (χ4v) is 1.62. The molecule has 6 nitrogen and oxygen atoms in total. The van der Waals surface area contributed by atoms with Gasteiger partial charge in [-0.15, -0.1) is 0 Å². The summed E-state index contributed by atoms with van der Waals surface area (Å²) in [5, 5.41) is 0. The van der Waals surface area contributed by atoms with Crippen molar-refractivity contribution in [3.63, 3.8) is 0 Å². The van der Waals surface area contributed by atoms with Crippen LogP contribution in [0.5, 0.6) is 11.8 Å². The highest BCUT2D eigenvalue weighted by Gasteiger charge is 2.09. The number of rotatable bonds is 4. The molecule has 0 saturated heterocycles. The lowest BCUT2D eigenvalue weighted by Crippen LogP contribution is -2.01. The van der Waals surface area contributed by atoms with Crippen molar-refractivity contribution in [3.05, 3.63) is 35.9 Å². The van der Waals surface area contributed by atoms with Crippen LogP contribution in [0.25, 0.3) is 11.4 Å². The van der Waals surface area contributed by atoms with E-state index in [1.54, 1.807) is 30.3 Å². The van der Waals surface area contributed by atoms with Gasteiger partial charge in [-0.25, -0.2) is 4.79 Å². The number of carbonyl (C=O) groups excluding carboxylic acids is 1. The molecule has 0 saturated carbocycles. The van der Waals surface area contributed by atoms with Crippen LogP contribution in [0.4, 0.5) is 0 Å². The quantitative estimate of drug-likeness (QED) is 0.794. The highest BCUT2D eigenvalue weighted by Crippen LogP contribution is 2.22. The lowest BCUT2D eigenvalue weighted by atomic mass is 10.1. The van der Waals surface area contributed by atoms with Crippen molar-refractivity contribution < 1.29 is 19.0 Å². The van der Waals surface area contributed by atoms with Gasteiger partial charge in [0.2, 0.25) is 11.8 Å². The molecule has 2 rings (SSSR count). The summed E-state index contributed by atoms with van der Waals surface area (Å²) in [4.78, 5) is 19.8. The van der Waals surface area contributed by atoms with Crippen LogP contribution >= 0.6 is 0 Å². The summed E-state index contributed by atoms with van der Waals surface area (Å²) in [6, 6.07) is 8.36. The summed E-state index contributed by atoms with van der Waals surface area (Å²) in [5.41, 5.74) is 1.21. The minimum atomic E-state index is -0.388. The zero-order valence-corrected chi connectivity index (χ0v) is 11.4. The molecular weight excluding hydrogens is 260 g/mol. The van der Waals surface area contributed by atoms with Crippen LogP contribution in [0.2, 0.25) is 0 Å². The van der Waals surface area contributed by atoms with E-state index in [2.05, 4.69) is 14.7 Å². The third kappa shape index (κ3) is 2.85. The summed E-state index contributed by atoms with van der Waals surface area (Å²) >= 11 is 0. The maximum absolute atomic E-state index is 11.4. The zero-order valence-electron chi connectivity index (χ0n) is 11.4. The van der Waals surface area contributed by atoms with Gasteiger partial charge in [0.05, 0.1) is 33.0 Å². The van der Waals surface area contributed by atoms with E-state index in [1.165, 1.54) is 21.3 Å². The van der Waals surface area contributed by atoms with Gasteiger partial charge in [-0.3, -0.25) is 0 Å². The molecule has 1 aromatic carbocycles. The molecule has 0 unspecified atom stereocenters. The number of carbonyl (C=O) groups is 1. The van der Waals surface area contributed by atoms with Crippen LogP contribution in [-0.4, -0.2) is 37.3 Å². The molecule has 1 heterocycles. The second-order valence-electron chi connectivity index (χ2n) is 3.85. The van der Waals surface area contributed by atoms with Gasteiger partial charge < -0.3 is 14.2 Å². The number of hydrogen-bond acceptors (Lipinski definition) is 6. The second kappa shape index (κ2) is 6.01. The number of methoxy groups -OCH3 is 3. The molecule has 0 radical (unpaired) electrons. The molecule has 104 valence electrons. The molecule has 2 aromatic rings. The van der Waals surface area contributed by atoms with Crippen LogP contribution in [0.15, 0.2) is 30.3 Å². The molecule has 0 atom stereocenters. The van der Waals surface area contributed by atoms with Crippen molar-refractivity contribution in [2.75, 3.05) is 21.3 Å². The van der Waals surface area contributed by atoms with E-state index in [0.29, 0.717) is 23.1 Å². The smallest absolute Gasteiger partial charge is 0.337 e. The average Bonchev–Trinajstić information content (AvgIpc) is 2.53. The molecular formula is C14H14N2O4. The van der Waals surface area contributed by atoms with E-state index in [0.717, 1.165) is 5.56 Å². The van der Waals surface area contributed by atoms with Crippen molar-refractivity contribution in [2.45, 2.75) is 0 Å². The van der Waals surface area contributed by atoms with Crippen LogP contribution in [0.3, 0.4) is 0 Å². The van der Waals surface area contributed by atoms with Crippen LogP contribution in [0, 0.1) is 0 Å². The van der Waals surface area contributed by atoms with Gasteiger partial charge in [-0.05, 0) is 12.1 Å². The molecule has 0 aliphatic carbocycles. The predicted octanol–water partition coefficient (Wildman–Crippen LogP) is 1.95. The third-order valence-corrected chi connectivity index (χ3v) is 2.66. The van der Waals surface area contributed by atoms with Crippen LogP contribution in [-0.2, 0) is 4.74 Å². The van der Waals surface area contributed by atoms with E-state index in [1.807, 2.05) is 0 Å². The van der Waals surface area contributed by atoms with Crippen molar-refractivity contribution >= 4 is 5.97 Å². The molecule has 20 heavy (non-hydrogen) atoms. The first-order valence-electron chi connectivity index (χ1n) is 5.83. The number of aromatic nitrogens is 2. The minimum Gasteiger partial charge on any atom is -0.481 e. The Kier molecular flexibility index (Phi) is 4.14. The Labute approximate surface area is 116 Å². The average molecular weight is 274 g/mol. The number of benzene rings is 1. The number of ether oxygens (including phenoxy) is 3. The maximum Gasteiger partial charge on any atom is 0.337 e. The summed E-state index contributed by atoms with van der Waals surface area (Å²) in [6.45, 7) is 0. The lowest BCUT2D eigenvalue weighted by molar-refractivity contribution is 0.0601. The summed E-state index contributed by atoms with van der Waals surface area (Å²) in [6.07, 6.45) is 0. The monoisotopic (exact) mass is 274 g/mol. The Balaban J connectivity index is 2.38. The molecule has 0 fully saturated rings. The number of esters is 1. The van der Waals surface area contributed by atoms with Gasteiger partial charge in [-0.2, -0.15) is 9.97 Å². The Hall–Kier alpha value is -2.63. The normalized spacial score (nSPS) is 9.95. The van der Waals surface area contributed by atoms with Crippen LogP contribution < -0.4 is 9.47 Å². The van der Waals surface area contributed by atoms with Gasteiger partial charge in [-0.1, -0.05) is 12.1 Å². The molecule has 0 N–H and O–H groups in total. The van der Waals surface area contributed by atoms with Crippen molar-refractivity contribution in [2.24, 2.45) is 0 Å². The zero-order chi connectivity index (χ0) is 14.5. The Morgan fingerprint density at radius 1 is 0.950 bits per heavy atom. The molecule has 0 aliphatic heterocycles. The first-order chi connectivity index (χ1) is 9.67. The van der Waals surface area contributed by atoms with Gasteiger partial charge >= 0.3 is 5.97 Å². The summed E-state index contributed by atoms with van der Waals surface area (Å²) in [7, 11) is 4.38. The predicted molar refractivity (Wildman–Crippen MR) is 71.9 cm³/mol. The largest absolute Gasteiger partial charge is 0.481 e. The number of hydrogen-bond donors (Lipinski definition) is 0. The Morgan fingerprint density at radius 2 is 1.50 bits per heavy atom. The highest BCUT2D eigenvalue weighted by atomic mass is 16.5. The third-order valence-electron chi connectivity index (χ3n) is 2.66. The molecule has 0 aliphatic rings. The second-order valence-corrected chi connectivity index (χ2v) is 3.85. The van der Waals surface area contributed by atoms with E-state index >= 15 is 0 Å². The lowest BCUT2D eigenvalue weighted by Gasteiger charge is -2.07. The van der Waals surface area contributed by atoms with Crippen molar-refractivity contribution in [1.29, 1.82) is 0 Å². The molecule has 0 spiro atoms. The fraction of sp³-hybridized carbons (Fsp3) is 0.214. The number of nitrogens with zero attached hydrogens (tertiary/aromatic N) is 2. The maximum atomic E-state index is 11.4. The van der Waals surface area contributed by atoms with E-state index in [9.17, 15) is 4.79 Å². The van der Waals surface area contributed by atoms with Gasteiger partial charge in [0.1, 0.15) is 0 Å². The summed E-state index contributed by atoms with van der Waals surface area (Å²) in [5.74, 6) is 0.881. The van der Waals surface area contributed by atoms with Gasteiger partial charge in [0.25, 0.3) is 0 Å². The standard InChI is InChI=1S/C14H14N2O4/c1-18-11-8-12(19-2)16-13(15-11)9-4-6-10(7-5-9)14(17)20-3/h4-8H,1-3H3.